The Morgan fingerprint density at radius 3 is 2.72 bits per heavy atom. The van der Waals surface area contributed by atoms with Gasteiger partial charge in [-0.1, -0.05) is 13.0 Å². The number of carbonyl (C=O) groups is 2. The molecule has 1 aromatic heterocycles. The minimum absolute atomic E-state index is 0.163. The lowest BCUT2D eigenvalue weighted by molar-refractivity contribution is -0.130. The van der Waals surface area contributed by atoms with Crippen LogP contribution in [0.4, 0.5) is 11.6 Å². The summed E-state index contributed by atoms with van der Waals surface area (Å²) in [5, 5.41) is 5.44. The number of hydrogen-bond donors (Lipinski definition) is 2. The number of hydrogen-bond acceptors (Lipinski definition) is 5. The molecule has 1 aliphatic rings. The number of aromatic nitrogens is 1. The average molecular weight is 248 g/mol. The van der Waals surface area contributed by atoms with Crippen molar-refractivity contribution >= 4 is 23.5 Å². The van der Waals surface area contributed by atoms with Crippen molar-refractivity contribution < 1.29 is 9.59 Å². The van der Waals surface area contributed by atoms with Gasteiger partial charge in [-0.15, -0.1) is 0 Å². The van der Waals surface area contributed by atoms with Crippen LogP contribution in [0.2, 0.25) is 0 Å². The molecule has 6 heteroatoms. The minimum atomic E-state index is -0.292. The fourth-order valence-corrected chi connectivity index (χ4v) is 1.75. The van der Waals surface area contributed by atoms with Crippen LogP contribution in [0.25, 0.3) is 0 Å². The zero-order valence-corrected chi connectivity index (χ0v) is 10.3. The van der Waals surface area contributed by atoms with Gasteiger partial charge in [0.15, 0.2) is 0 Å². The van der Waals surface area contributed by atoms with E-state index >= 15 is 0 Å². The predicted octanol–water partition coefficient (Wildman–Crippen LogP) is 0.366. The third kappa shape index (κ3) is 2.97. The van der Waals surface area contributed by atoms with Crippen molar-refractivity contribution in [2.45, 2.75) is 13.3 Å². The molecule has 0 unspecified atom stereocenters. The Kier molecular flexibility index (Phi) is 3.76. The number of nitrogens with one attached hydrogen (secondary N) is 2. The number of pyridine rings is 1. The summed E-state index contributed by atoms with van der Waals surface area (Å²) in [6.45, 7) is 3.24. The molecule has 1 fully saturated rings. The van der Waals surface area contributed by atoms with Crippen LogP contribution >= 0.6 is 0 Å². The molecule has 1 aromatic rings. The van der Waals surface area contributed by atoms with Crippen LogP contribution in [0.5, 0.6) is 0 Å². The summed E-state index contributed by atoms with van der Waals surface area (Å²) < 4.78 is 0. The topological polar surface area (TPSA) is 74.3 Å². The zero-order chi connectivity index (χ0) is 13.0. The fourth-order valence-electron chi connectivity index (χ4n) is 1.75. The molecule has 6 nitrogen and oxygen atoms in total. The lowest BCUT2D eigenvalue weighted by Gasteiger charge is -2.26. The Bertz CT molecular complexity index is 445. The third-order valence-electron chi connectivity index (χ3n) is 2.56. The van der Waals surface area contributed by atoms with Crippen molar-refractivity contribution in [3.8, 4) is 0 Å². The second-order valence-electron chi connectivity index (χ2n) is 4.14. The second-order valence-corrected chi connectivity index (χ2v) is 4.14. The average Bonchev–Trinajstić information content (AvgIpc) is 2.35. The summed E-state index contributed by atoms with van der Waals surface area (Å²) in [6, 6.07) is 5.52. The van der Waals surface area contributed by atoms with E-state index in [2.05, 4.69) is 22.5 Å². The molecule has 1 aliphatic heterocycles. The maximum absolute atomic E-state index is 11.3. The SMILES string of the molecule is CCCNc1cccc(N2CC(=O)NC(=O)C2)n1. The highest BCUT2D eigenvalue weighted by molar-refractivity contribution is 6.02. The van der Waals surface area contributed by atoms with Gasteiger partial charge in [0, 0.05) is 6.54 Å². The highest BCUT2D eigenvalue weighted by atomic mass is 16.2. The van der Waals surface area contributed by atoms with E-state index in [0.29, 0.717) is 5.82 Å². The summed E-state index contributed by atoms with van der Waals surface area (Å²) in [7, 11) is 0. The Balaban J connectivity index is 2.12. The number of amides is 2. The Labute approximate surface area is 105 Å². The first-order valence-electron chi connectivity index (χ1n) is 5.97. The normalized spacial score (nSPS) is 15.5. The van der Waals surface area contributed by atoms with E-state index in [1.165, 1.54) is 0 Å². The van der Waals surface area contributed by atoms with Gasteiger partial charge < -0.3 is 10.2 Å². The van der Waals surface area contributed by atoms with Gasteiger partial charge in [0.25, 0.3) is 0 Å². The third-order valence-corrected chi connectivity index (χ3v) is 2.56. The quantitative estimate of drug-likeness (QED) is 0.753. The van der Waals surface area contributed by atoms with Crippen molar-refractivity contribution in [1.29, 1.82) is 0 Å². The number of piperazine rings is 1. The molecule has 0 bridgehead atoms. The van der Waals surface area contributed by atoms with E-state index in [9.17, 15) is 9.59 Å². The number of carbonyl (C=O) groups excluding carboxylic acids is 2. The molecule has 0 saturated carbocycles. The fraction of sp³-hybridized carbons (Fsp3) is 0.417. The van der Waals surface area contributed by atoms with Crippen LogP contribution in [0.3, 0.4) is 0 Å². The first kappa shape index (κ1) is 12.3. The summed E-state index contributed by atoms with van der Waals surface area (Å²) in [4.78, 5) is 28.6. The Morgan fingerprint density at radius 2 is 2.06 bits per heavy atom. The summed E-state index contributed by atoms with van der Waals surface area (Å²) in [5.74, 6) is 0.812. The van der Waals surface area contributed by atoms with E-state index in [-0.39, 0.29) is 24.9 Å². The summed E-state index contributed by atoms with van der Waals surface area (Å²) in [6.07, 6.45) is 1.01. The number of nitrogens with zero attached hydrogens (tertiary/aromatic N) is 2. The molecule has 0 spiro atoms. The standard InChI is InChI=1S/C12H16N4O2/c1-2-6-13-9-4-3-5-10(14-9)16-7-11(17)15-12(18)8-16/h3-5H,2,6-8H2,1H3,(H,13,14)(H,15,17,18). The van der Waals surface area contributed by atoms with E-state index in [1.807, 2.05) is 12.1 Å². The van der Waals surface area contributed by atoms with Gasteiger partial charge in [-0.25, -0.2) is 4.98 Å². The highest BCUT2D eigenvalue weighted by Gasteiger charge is 2.23. The van der Waals surface area contributed by atoms with Gasteiger partial charge in [-0.2, -0.15) is 0 Å². The van der Waals surface area contributed by atoms with Crippen molar-refractivity contribution in [1.82, 2.24) is 10.3 Å². The van der Waals surface area contributed by atoms with Crippen LogP contribution < -0.4 is 15.5 Å². The predicted molar refractivity (Wildman–Crippen MR) is 68.4 cm³/mol. The number of rotatable bonds is 4. The Morgan fingerprint density at radius 1 is 1.33 bits per heavy atom. The first-order valence-corrected chi connectivity index (χ1v) is 5.97. The van der Waals surface area contributed by atoms with E-state index in [4.69, 9.17) is 0 Å². The van der Waals surface area contributed by atoms with Crippen molar-refractivity contribution in [2.75, 3.05) is 29.9 Å². The van der Waals surface area contributed by atoms with Crippen LogP contribution in [-0.2, 0) is 9.59 Å². The summed E-state index contributed by atoms with van der Waals surface area (Å²) >= 11 is 0. The smallest absolute Gasteiger partial charge is 0.246 e. The molecular formula is C12H16N4O2. The highest BCUT2D eigenvalue weighted by Crippen LogP contribution is 2.15. The molecule has 1 saturated heterocycles. The van der Waals surface area contributed by atoms with Gasteiger partial charge >= 0.3 is 0 Å². The van der Waals surface area contributed by atoms with E-state index < -0.39 is 0 Å². The Hall–Kier alpha value is -2.11. The van der Waals surface area contributed by atoms with Crippen molar-refractivity contribution in [3.63, 3.8) is 0 Å². The van der Waals surface area contributed by atoms with E-state index in [1.54, 1.807) is 11.0 Å². The lowest BCUT2D eigenvalue weighted by Crippen LogP contribution is -2.51. The zero-order valence-electron chi connectivity index (χ0n) is 10.3. The maximum atomic E-state index is 11.3. The number of imide groups is 1. The van der Waals surface area contributed by atoms with Gasteiger partial charge in [0.1, 0.15) is 11.6 Å². The second kappa shape index (κ2) is 5.48. The molecule has 96 valence electrons. The van der Waals surface area contributed by atoms with Gasteiger partial charge in [-0.3, -0.25) is 14.9 Å². The van der Waals surface area contributed by atoms with Gasteiger partial charge in [0.2, 0.25) is 11.8 Å². The van der Waals surface area contributed by atoms with Gasteiger partial charge in [-0.05, 0) is 18.6 Å². The van der Waals surface area contributed by atoms with Crippen molar-refractivity contribution in [2.24, 2.45) is 0 Å². The molecule has 2 heterocycles. The van der Waals surface area contributed by atoms with E-state index in [0.717, 1.165) is 18.8 Å². The van der Waals surface area contributed by atoms with Gasteiger partial charge in [0.05, 0.1) is 13.1 Å². The number of anilines is 2. The molecule has 2 amide bonds. The molecule has 18 heavy (non-hydrogen) atoms. The monoisotopic (exact) mass is 248 g/mol. The molecule has 2 N–H and O–H groups in total. The van der Waals surface area contributed by atoms with Crippen LogP contribution in [0.1, 0.15) is 13.3 Å². The molecule has 0 radical (unpaired) electrons. The molecule has 0 atom stereocenters. The molecule has 0 aliphatic carbocycles. The van der Waals surface area contributed by atoms with Crippen LogP contribution in [-0.4, -0.2) is 36.4 Å². The maximum Gasteiger partial charge on any atom is 0.246 e. The van der Waals surface area contributed by atoms with Crippen LogP contribution in [0, 0.1) is 0 Å². The van der Waals surface area contributed by atoms with Crippen molar-refractivity contribution in [3.05, 3.63) is 18.2 Å². The summed E-state index contributed by atoms with van der Waals surface area (Å²) in [5.41, 5.74) is 0. The molecule has 0 aromatic carbocycles. The van der Waals surface area contributed by atoms with Crippen LogP contribution in [0.15, 0.2) is 18.2 Å². The molecule has 2 rings (SSSR count). The minimum Gasteiger partial charge on any atom is -0.370 e. The lowest BCUT2D eigenvalue weighted by atomic mass is 10.3. The largest absolute Gasteiger partial charge is 0.370 e. The first-order chi connectivity index (χ1) is 8.69. The molecular weight excluding hydrogens is 232 g/mol.